The summed E-state index contributed by atoms with van der Waals surface area (Å²) < 4.78 is 16.7. The summed E-state index contributed by atoms with van der Waals surface area (Å²) in [5.41, 5.74) is 8.43. The highest BCUT2D eigenvalue weighted by atomic mass is 35.5. The molecule has 0 bridgehead atoms. The SMILES string of the molecule is COCc1ccc(C(=O)NCc2cc3ccc(OCc4ccccc4Cl)cc3o2)c(N)n1. The molecule has 7 nitrogen and oxygen atoms in total. The number of furan rings is 1. The van der Waals surface area contributed by atoms with Gasteiger partial charge in [-0.1, -0.05) is 29.8 Å². The Balaban J connectivity index is 1.40. The van der Waals surface area contributed by atoms with Gasteiger partial charge < -0.3 is 24.9 Å². The lowest BCUT2D eigenvalue weighted by Crippen LogP contribution is -2.24. The van der Waals surface area contributed by atoms with Gasteiger partial charge in [-0.25, -0.2) is 4.98 Å². The number of aromatic nitrogens is 1. The van der Waals surface area contributed by atoms with E-state index in [4.69, 9.17) is 31.2 Å². The highest BCUT2D eigenvalue weighted by Crippen LogP contribution is 2.26. The van der Waals surface area contributed by atoms with Crippen LogP contribution in [0.1, 0.15) is 27.4 Å². The molecule has 0 atom stereocenters. The molecule has 0 aliphatic rings. The molecule has 1 amide bonds. The normalized spacial score (nSPS) is 10.9. The zero-order chi connectivity index (χ0) is 22.5. The smallest absolute Gasteiger partial charge is 0.255 e. The number of anilines is 1. The van der Waals surface area contributed by atoms with E-state index in [1.165, 1.54) is 0 Å². The Kier molecular flexibility index (Phi) is 6.58. The number of halogens is 1. The lowest BCUT2D eigenvalue weighted by Gasteiger charge is -2.07. The molecule has 0 saturated carbocycles. The van der Waals surface area contributed by atoms with Crippen molar-refractivity contribution in [1.82, 2.24) is 10.3 Å². The molecule has 0 unspecified atom stereocenters. The van der Waals surface area contributed by atoms with Gasteiger partial charge in [0.25, 0.3) is 5.91 Å². The number of nitrogen functional groups attached to an aromatic ring is 1. The third-order valence-corrected chi connectivity index (χ3v) is 5.21. The van der Waals surface area contributed by atoms with Crippen LogP contribution in [-0.4, -0.2) is 18.0 Å². The summed E-state index contributed by atoms with van der Waals surface area (Å²) in [4.78, 5) is 16.7. The first-order valence-corrected chi connectivity index (χ1v) is 10.3. The van der Waals surface area contributed by atoms with Crippen LogP contribution in [0.5, 0.6) is 5.75 Å². The first kappa shape index (κ1) is 21.7. The lowest BCUT2D eigenvalue weighted by atomic mass is 10.2. The van der Waals surface area contributed by atoms with Gasteiger partial charge in [-0.15, -0.1) is 0 Å². The van der Waals surface area contributed by atoms with Crippen molar-refractivity contribution in [2.75, 3.05) is 12.8 Å². The Morgan fingerprint density at radius 3 is 2.75 bits per heavy atom. The predicted octanol–water partition coefficient (Wildman–Crippen LogP) is 4.72. The number of fused-ring (bicyclic) bond motifs is 1. The molecule has 0 radical (unpaired) electrons. The Morgan fingerprint density at radius 2 is 1.97 bits per heavy atom. The fraction of sp³-hybridized carbons (Fsp3) is 0.167. The molecule has 164 valence electrons. The number of nitrogens with zero attached hydrogens (tertiary/aromatic N) is 1. The van der Waals surface area contributed by atoms with Crippen LogP contribution in [0.3, 0.4) is 0 Å². The van der Waals surface area contributed by atoms with E-state index in [1.807, 2.05) is 48.5 Å². The summed E-state index contributed by atoms with van der Waals surface area (Å²) in [6.45, 7) is 0.894. The monoisotopic (exact) mass is 451 g/mol. The molecule has 2 aromatic carbocycles. The van der Waals surface area contributed by atoms with Crippen molar-refractivity contribution in [3.63, 3.8) is 0 Å². The average Bonchev–Trinajstić information content (AvgIpc) is 3.19. The van der Waals surface area contributed by atoms with Gasteiger partial charge in [0.15, 0.2) is 0 Å². The van der Waals surface area contributed by atoms with E-state index in [0.29, 0.717) is 46.6 Å². The highest BCUT2D eigenvalue weighted by Gasteiger charge is 2.13. The van der Waals surface area contributed by atoms with Gasteiger partial charge in [-0.05, 0) is 36.4 Å². The van der Waals surface area contributed by atoms with Gasteiger partial charge in [0.1, 0.15) is 29.5 Å². The predicted molar refractivity (Wildman–Crippen MR) is 123 cm³/mol. The molecule has 4 rings (SSSR count). The van der Waals surface area contributed by atoms with Crippen molar-refractivity contribution in [2.45, 2.75) is 19.8 Å². The van der Waals surface area contributed by atoms with Crippen LogP contribution in [0.25, 0.3) is 11.0 Å². The van der Waals surface area contributed by atoms with Crippen molar-refractivity contribution in [1.29, 1.82) is 0 Å². The number of nitrogens with one attached hydrogen (secondary N) is 1. The zero-order valence-electron chi connectivity index (χ0n) is 17.4. The number of amides is 1. The van der Waals surface area contributed by atoms with Gasteiger partial charge in [-0.2, -0.15) is 0 Å². The number of hydrogen-bond donors (Lipinski definition) is 2. The molecule has 0 spiro atoms. The number of carbonyl (C=O) groups is 1. The van der Waals surface area contributed by atoms with Crippen molar-refractivity contribution in [3.8, 4) is 5.75 Å². The molecule has 32 heavy (non-hydrogen) atoms. The molecular weight excluding hydrogens is 430 g/mol. The second-order valence-electron chi connectivity index (χ2n) is 7.14. The summed E-state index contributed by atoms with van der Waals surface area (Å²) in [5.74, 6) is 1.10. The van der Waals surface area contributed by atoms with Crippen LogP contribution in [-0.2, 0) is 24.5 Å². The van der Waals surface area contributed by atoms with Crippen LogP contribution < -0.4 is 15.8 Å². The van der Waals surface area contributed by atoms with Crippen LogP contribution in [0.4, 0.5) is 5.82 Å². The largest absolute Gasteiger partial charge is 0.489 e. The van der Waals surface area contributed by atoms with Crippen molar-refractivity contribution in [3.05, 3.63) is 88.3 Å². The number of methoxy groups -OCH3 is 1. The maximum atomic E-state index is 12.5. The first-order chi connectivity index (χ1) is 15.5. The lowest BCUT2D eigenvalue weighted by molar-refractivity contribution is 0.0948. The Morgan fingerprint density at radius 1 is 1.12 bits per heavy atom. The van der Waals surface area contributed by atoms with Crippen LogP contribution in [0, 0.1) is 0 Å². The molecule has 3 N–H and O–H groups in total. The number of nitrogens with two attached hydrogens (primary N) is 1. The minimum Gasteiger partial charge on any atom is -0.489 e. The van der Waals surface area contributed by atoms with Crippen LogP contribution >= 0.6 is 11.6 Å². The van der Waals surface area contributed by atoms with Crippen molar-refractivity contribution >= 4 is 34.3 Å². The highest BCUT2D eigenvalue weighted by molar-refractivity contribution is 6.31. The number of benzene rings is 2. The third kappa shape index (κ3) is 5.01. The number of rotatable bonds is 8. The number of ether oxygens (including phenoxy) is 2. The molecule has 0 fully saturated rings. The minimum atomic E-state index is -0.330. The average molecular weight is 452 g/mol. The van der Waals surface area contributed by atoms with Gasteiger partial charge in [0.2, 0.25) is 0 Å². The van der Waals surface area contributed by atoms with E-state index in [2.05, 4.69) is 10.3 Å². The number of pyridine rings is 1. The Hall–Kier alpha value is -3.55. The molecule has 8 heteroatoms. The van der Waals surface area contributed by atoms with Gasteiger partial charge in [0, 0.05) is 29.1 Å². The molecule has 4 aromatic rings. The Labute approximate surface area is 190 Å². The summed E-state index contributed by atoms with van der Waals surface area (Å²) in [6, 6.07) is 18.3. The fourth-order valence-electron chi connectivity index (χ4n) is 3.22. The van der Waals surface area contributed by atoms with Crippen LogP contribution in [0.15, 0.2) is 65.1 Å². The van der Waals surface area contributed by atoms with Crippen molar-refractivity contribution in [2.24, 2.45) is 0 Å². The summed E-state index contributed by atoms with van der Waals surface area (Å²) >= 11 is 6.17. The quantitative estimate of drug-likeness (QED) is 0.402. The molecule has 0 saturated heterocycles. The second kappa shape index (κ2) is 9.72. The van der Waals surface area contributed by atoms with E-state index in [9.17, 15) is 4.79 Å². The summed E-state index contributed by atoms with van der Waals surface area (Å²) in [7, 11) is 1.57. The zero-order valence-corrected chi connectivity index (χ0v) is 18.2. The van der Waals surface area contributed by atoms with E-state index in [0.717, 1.165) is 10.9 Å². The van der Waals surface area contributed by atoms with E-state index in [-0.39, 0.29) is 18.3 Å². The van der Waals surface area contributed by atoms with E-state index >= 15 is 0 Å². The second-order valence-corrected chi connectivity index (χ2v) is 7.55. The van der Waals surface area contributed by atoms with E-state index in [1.54, 1.807) is 19.2 Å². The minimum absolute atomic E-state index is 0.155. The molecule has 0 aliphatic heterocycles. The summed E-state index contributed by atoms with van der Waals surface area (Å²) in [6.07, 6.45) is 0. The van der Waals surface area contributed by atoms with Gasteiger partial charge >= 0.3 is 0 Å². The maximum Gasteiger partial charge on any atom is 0.255 e. The molecule has 0 aliphatic carbocycles. The summed E-state index contributed by atoms with van der Waals surface area (Å²) in [5, 5.41) is 4.37. The van der Waals surface area contributed by atoms with Crippen LogP contribution in [0.2, 0.25) is 5.02 Å². The molecule has 2 aromatic heterocycles. The third-order valence-electron chi connectivity index (χ3n) is 4.84. The molecule has 2 heterocycles. The first-order valence-electron chi connectivity index (χ1n) is 9.94. The van der Waals surface area contributed by atoms with E-state index < -0.39 is 0 Å². The topological polar surface area (TPSA) is 99.6 Å². The Bertz CT molecular complexity index is 1260. The van der Waals surface area contributed by atoms with Gasteiger partial charge in [-0.3, -0.25) is 4.79 Å². The van der Waals surface area contributed by atoms with Crippen molar-refractivity contribution < 1.29 is 18.7 Å². The van der Waals surface area contributed by atoms with Gasteiger partial charge in [0.05, 0.1) is 24.4 Å². The number of carbonyl (C=O) groups excluding carboxylic acids is 1. The fourth-order valence-corrected chi connectivity index (χ4v) is 3.41. The standard InChI is InChI=1S/C24H22ClN3O4/c1-30-14-17-7-9-20(23(26)28-17)24(29)27-12-19-10-15-6-8-18(11-22(15)32-19)31-13-16-4-2-3-5-21(16)25/h2-11H,12-14H2,1H3,(H2,26,28)(H,27,29). The maximum absolute atomic E-state index is 12.5. The molecular formula is C24H22ClN3O4. The number of hydrogen-bond acceptors (Lipinski definition) is 6.